The summed E-state index contributed by atoms with van der Waals surface area (Å²) < 4.78 is 13.6. The minimum atomic E-state index is -0.264. The molecule has 18 heavy (non-hydrogen) atoms. The summed E-state index contributed by atoms with van der Waals surface area (Å²) in [5, 5.41) is 1.34. The molecule has 0 amide bonds. The van der Waals surface area contributed by atoms with Crippen molar-refractivity contribution in [2.75, 3.05) is 0 Å². The van der Waals surface area contributed by atoms with E-state index in [1.165, 1.54) is 9.65 Å². The molecule has 0 unspecified atom stereocenters. The second-order valence-electron chi connectivity index (χ2n) is 5.81. The van der Waals surface area contributed by atoms with Gasteiger partial charge in [0, 0.05) is 0 Å². The number of fused-ring (bicyclic) bond motifs is 1. The summed E-state index contributed by atoms with van der Waals surface area (Å²) in [7, 11) is -0.239. The zero-order valence-corrected chi connectivity index (χ0v) is 12.9. The normalized spacial score (nSPS) is 21.7. The van der Waals surface area contributed by atoms with Crippen LogP contribution in [-0.4, -0.2) is 32.8 Å². The van der Waals surface area contributed by atoms with E-state index in [1.54, 1.807) is 0 Å². The van der Waals surface area contributed by atoms with E-state index in [4.69, 9.17) is 9.31 Å². The van der Waals surface area contributed by atoms with Gasteiger partial charge >= 0.3 is 114 Å². The van der Waals surface area contributed by atoms with Gasteiger partial charge in [0.15, 0.2) is 0 Å². The molecule has 0 N–H and O–H groups in total. The summed E-state index contributed by atoms with van der Waals surface area (Å²) >= 11 is 0.467. The van der Waals surface area contributed by atoms with Crippen LogP contribution in [0.1, 0.15) is 27.7 Å². The molecule has 94 valence electrons. The van der Waals surface area contributed by atoms with Crippen molar-refractivity contribution in [1.29, 1.82) is 0 Å². The van der Waals surface area contributed by atoms with E-state index >= 15 is 0 Å². The molecule has 1 fully saturated rings. The van der Waals surface area contributed by atoms with Crippen LogP contribution < -0.4 is 5.46 Å². The van der Waals surface area contributed by atoms with Crippen LogP contribution >= 0.6 is 0 Å². The summed E-state index contributed by atoms with van der Waals surface area (Å²) in [6.45, 7) is 8.36. The van der Waals surface area contributed by atoms with Crippen LogP contribution in [0.2, 0.25) is 0 Å². The number of benzene rings is 1. The maximum absolute atomic E-state index is 6.07. The molecule has 1 aromatic carbocycles. The first-order chi connectivity index (χ1) is 8.39. The van der Waals surface area contributed by atoms with E-state index in [0.29, 0.717) is 14.5 Å². The SMILES string of the molecule is CC1(C)OB(c2ccc3cc[se]c3c2)OC1(C)C. The molecule has 1 aromatic heterocycles. The molecule has 0 spiro atoms. The van der Waals surface area contributed by atoms with Crippen molar-refractivity contribution in [2.45, 2.75) is 38.9 Å². The molecular formula is C14H17BO2Se. The van der Waals surface area contributed by atoms with Gasteiger partial charge in [-0.25, -0.2) is 0 Å². The second-order valence-corrected chi connectivity index (χ2v) is 7.79. The number of hydrogen-bond donors (Lipinski definition) is 0. The Morgan fingerprint density at radius 1 is 1.00 bits per heavy atom. The van der Waals surface area contributed by atoms with Crippen LogP contribution in [0, 0.1) is 0 Å². The average Bonchev–Trinajstić information content (AvgIpc) is 2.80. The first-order valence-electron chi connectivity index (χ1n) is 6.22. The summed E-state index contributed by atoms with van der Waals surface area (Å²) in [4.78, 5) is 2.26. The predicted molar refractivity (Wildman–Crippen MR) is 76.6 cm³/mol. The second kappa shape index (κ2) is 3.98. The fraction of sp³-hybridized carbons (Fsp3) is 0.429. The van der Waals surface area contributed by atoms with E-state index in [-0.39, 0.29) is 18.3 Å². The van der Waals surface area contributed by atoms with E-state index < -0.39 is 0 Å². The molecule has 2 nitrogen and oxygen atoms in total. The van der Waals surface area contributed by atoms with Crippen molar-refractivity contribution in [3.05, 3.63) is 29.2 Å². The van der Waals surface area contributed by atoms with Gasteiger partial charge in [-0.05, 0) is 0 Å². The van der Waals surface area contributed by atoms with Crippen molar-refractivity contribution in [3.8, 4) is 0 Å². The topological polar surface area (TPSA) is 18.5 Å². The van der Waals surface area contributed by atoms with E-state index in [2.05, 4.69) is 56.9 Å². The van der Waals surface area contributed by atoms with Crippen molar-refractivity contribution in [2.24, 2.45) is 0 Å². The zero-order valence-electron chi connectivity index (χ0n) is 11.2. The summed E-state index contributed by atoms with van der Waals surface area (Å²) in [6.07, 6.45) is 0. The molecule has 0 saturated carbocycles. The van der Waals surface area contributed by atoms with Crippen LogP contribution in [0.25, 0.3) is 9.65 Å². The molecule has 2 heterocycles. The average molecular weight is 307 g/mol. The third-order valence-corrected chi connectivity index (χ3v) is 5.85. The Balaban J connectivity index is 1.96. The zero-order chi connectivity index (χ0) is 13.0. The fourth-order valence-electron chi connectivity index (χ4n) is 2.10. The van der Waals surface area contributed by atoms with Gasteiger partial charge in [0.25, 0.3) is 0 Å². The van der Waals surface area contributed by atoms with Gasteiger partial charge in [0.05, 0.1) is 0 Å². The molecular weight excluding hydrogens is 290 g/mol. The van der Waals surface area contributed by atoms with Crippen molar-refractivity contribution >= 4 is 36.7 Å². The Hall–Kier alpha value is -0.536. The van der Waals surface area contributed by atoms with Crippen LogP contribution in [0.4, 0.5) is 0 Å². The van der Waals surface area contributed by atoms with E-state index in [1.807, 2.05) is 0 Å². The van der Waals surface area contributed by atoms with E-state index in [0.717, 1.165) is 5.46 Å². The molecule has 3 rings (SSSR count). The number of hydrogen-bond acceptors (Lipinski definition) is 2. The minimum absolute atomic E-state index is 0.239. The number of rotatable bonds is 1. The van der Waals surface area contributed by atoms with Crippen molar-refractivity contribution in [3.63, 3.8) is 0 Å². The molecule has 0 atom stereocenters. The Labute approximate surface area is 114 Å². The van der Waals surface area contributed by atoms with Gasteiger partial charge in [0.1, 0.15) is 0 Å². The molecule has 0 aliphatic carbocycles. The first-order valence-corrected chi connectivity index (χ1v) is 8.06. The quantitative estimate of drug-likeness (QED) is 0.752. The Morgan fingerprint density at radius 3 is 2.33 bits per heavy atom. The maximum atomic E-state index is 6.07. The Kier molecular flexibility index (Phi) is 2.76. The summed E-state index contributed by atoms with van der Waals surface area (Å²) in [5.41, 5.74) is 0.609. The Bertz CT molecular complexity index is 572. The van der Waals surface area contributed by atoms with Gasteiger partial charge in [0.2, 0.25) is 0 Å². The van der Waals surface area contributed by atoms with Gasteiger partial charge in [-0.2, -0.15) is 0 Å². The predicted octanol–water partition coefficient (Wildman–Crippen LogP) is 2.20. The third-order valence-electron chi connectivity index (χ3n) is 4.01. The molecule has 2 aromatic rings. The fourth-order valence-corrected chi connectivity index (χ4v) is 3.85. The van der Waals surface area contributed by atoms with Crippen LogP contribution in [-0.2, 0) is 9.31 Å². The molecule has 4 heteroatoms. The first kappa shape index (κ1) is 12.5. The summed E-state index contributed by atoms with van der Waals surface area (Å²) in [6, 6.07) is 8.72. The van der Waals surface area contributed by atoms with Crippen LogP contribution in [0.3, 0.4) is 0 Å². The monoisotopic (exact) mass is 308 g/mol. The van der Waals surface area contributed by atoms with Crippen molar-refractivity contribution in [1.82, 2.24) is 0 Å². The van der Waals surface area contributed by atoms with Gasteiger partial charge in [-0.15, -0.1) is 0 Å². The summed E-state index contributed by atoms with van der Waals surface area (Å²) in [5.74, 6) is 0. The molecule has 1 aliphatic heterocycles. The molecule has 0 radical (unpaired) electrons. The Morgan fingerprint density at radius 2 is 1.67 bits per heavy atom. The molecule has 1 saturated heterocycles. The molecule has 0 bridgehead atoms. The standard InChI is InChI=1S/C14H17BO2Se/c1-13(2)14(3,4)17-15(16-13)11-6-5-10-7-8-18-12(10)9-11/h5-9H,1-4H3. The van der Waals surface area contributed by atoms with Gasteiger partial charge in [-0.1, -0.05) is 0 Å². The van der Waals surface area contributed by atoms with Gasteiger partial charge in [-0.3, -0.25) is 0 Å². The van der Waals surface area contributed by atoms with Gasteiger partial charge < -0.3 is 0 Å². The van der Waals surface area contributed by atoms with E-state index in [9.17, 15) is 0 Å². The van der Waals surface area contributed by atoms with Crippen molar-refractivity contribution < 1.29 is 9.31 Å². The molecule has 1 aliphatic rings. The third kappa shape index (κ3) is 1.88. The van der Waals surface area contributed by atoms with Crippen LogP contribution in [0.5, 0.6) is 0 Å². The van der Waals surface area contributed by atoms with Crippen LogP contribution in [0.15, 0.2) is 29.2 Å².